The second-order valence-corrected chi connectivity index (χ2v) is 9.43. The van der Waals surface area contributed by atoms with Gasteiger partial charge in [-0.2, -0.15) is 0 Å². The number of primary amides is 1. The Morgan fingerprint density at radius 2 is 1.73 bits per heavy atom. The van der Waals surface area contributed by atoms with Crippen LogP contribution in [0.1, 0.15) is 70.9 Å². The Kier molecular flexibility index (Phi) is 4.57. The summed E-state index contributed by atoms with van der Waals surface area (Å²) >= 11 is 0. The number of rotatable bonds is 3. The molecule has 168 valence electrons. The first kappa shape index (κ1) is 20.1. The highest BCUT2D eigenvalue weighted by Crippen LogP contribution is 2.46. The van der Waals surface area contributed by atoms with E-state index in [9.17, 15) is 14.7 Å². The number of aromatic carboxylic acids is 1. The van der Waals surface area contributed by atoms with E-state index in [-0.39, 0.29) is 0 Å². The molecule has 0 unspecified atom stereocenters. The number of carboxylic acid groups (broad SMARTS) is 1. The van der Waals surface area contributed by atoms with Crippen LogP contribution < -0.4 is 5.73 Å². The summed E-state index contributed by atoms with van der Waals surface area (Å²) in [5.74, 6) is -0.863. The summed E-state index contributed by atoms with van der Waals surface area (Å²) in [6.45, 7) is 1.45. The minimum absolute atomic E-state index is 0.317. The highest BCUT2D eigenvalue weighted by atomic mass is 16.4. The van der Waals surface area contributed by atoms with Crippen molar-refractivity contribution in [2.75, 3.05) is 0 Å². The predicted molar refractivity (Wildman–Crippen MR) is 129 cm³/mol. The van der Waals surface area contributed by atoms with Crippen molar-refractivity contribution in [3.05, 3.63) is 59.3 Å². The number of carbonyl (C=O) groups excluding carboxylic acids is 1. The zero-order valence-electron chi connectivity index (χ0n) is 18.5. The van der Waals surface area contributed by atoms with E-state index < -0.39 is 11.9 Å². The fraction of sp³-hybridized carbons (Fsp3) is 0.333. The Balaban J connectivity index is 1.73. The van der Waals surface area contributed by atoms with Crippen molar-refractivity contribution in [3.8, 4) is 11.3 Å². The molecule has 6 heteroatoms. The molecule has 0 saturated heterocycles. The van der Waals surface area contributed by atoms with E-state index in [0.717, 1.165) is 53.2 Å². The quantitative estimate of drug-likeness (QED) is 0.439. The van der Waals surface area contributed by atoms with Crippen molar-refractivity contribution in [2.45, 2.75) is 57.5 Å². The lowest BCUT2D eigenvalue weighted by Crippen LogP contribution is -2.19. The highest BCUT2D eigenvalue weighted by Gasteiger charge is 2.29. The van der Waals surface area contributed by atoms with Crippen molar-refractivity contribution in [1.82, 2.24) is 9.13 Å². The summed E-state index contributed by atoms with van der Waals surface area (Å²) in [5, 5.41) is 11.8. The molecule has 33 heavy (non-hydrogen) atoms. The summed E-state index contributed by atoms with van der Waals surface area (Å²) in [7, 11) is 0. The largest absolute Gasteiger partial charge is 0.478 e. The number of nitrogens with two attached hydrogens (primary N) is 1. The maximum atomic E-state index is 12.2. The van der Waals surface area contributed by atoms with Crippen LogP contribution in [0.3, 0.4) is 0 Å². The monoisotopic (exact) mass is 441 g/mol. The first-order valence-electron chi connectivity index (χ1n) is 11.9. The van der Waals surface area contributed by atoms with Gasteiger partial charge in [0.1, 0.15) is 5.69 Å². The van der Waals surface area contributed by atoms with E-state index in [2.05, 4.69) is 15.2 Å². The molecule has 3 heterocycles. The van der Waals surface area contributed by atoms with E-state index in [1.165, 1.54) is 30.5 Å². The second-order valence-electron chi connectivity index (χ2n) is 9.43. The van der Waals surface area contributed by atoms with Crippen molar-refractivity contribution >= 4 is 33.7 Å². The van der Waals surface area contributed by atoms with Gasteiger partial charge in [0.25, 0.3) is 5.91 Å². The molecular weight excluding hydrogens is 414 g/mol. The molecule has 6 nitrogen and oxygen atoms in total. The third-order valence-electron chi connectivity index (χ3n) is 7.56. The molecule has 0 radical (unpaired) electrons. The number of aryl methyl sites for hydroxylation is 2. The molecule has 1 aliphatic heterocycles. The van der Waals surface area contributed by atoms with E-state index in [1.54, 1.807) is 6.07 Å². The van der Waals surface area contributed by atoms with Gasteiger partial charge >= 0.3 is 5.97 Å². The second kappa shape index (κ2) is 7.51. The molecule has 6 rings (SSSR count). The average molecular weight is 442 g/mol. The zero-order valence-corrected chi connectivity index (χ0v) is 18.5. The Bertz CT molecular complexity index is 1440. The van der Waals surface area contributed by atoms with Crippen LogP contribution in [-0.2, 0) is 13.1 Å². The first-order valence-corrected chi connectivity index (χ1v) is 11.9. The van der Waals surface area contributed by atoms with E-state index >= 15 is 0 Å². The molecule has 0 spiro atoms. The van der Waals surface area contributed by atoms with Gasteiger partial charge < -0.3 is 20.0 Å². The topological polar surface area (TPSA) is 90.3 Å². The van der Waals surface area contributed by atoms with Gasteiger partial charge in [-0.25, -0.2) is 4.79 Å². The number of benzene rings is 2. The SMILES string of the molecule is NC(=O)c1cc2cccc3c2n1CCCn1c-3c(C2CCCCC2)c2ccc(C(=O)O)cc21. The van der Waals surface area contributed by atoms with Crippen LogP contribution in [0.5, 0.6) is 0 Å². The lowest BCUT2D eigenvalue weighted by atomic mass is 9.81. The van der Waals surface area contributed by atoms with Gasteiger partial charge in [-0.05, 0) is 48.9 Å². The predicted octanol–water partition coefficient (Wildman–Crippen LogP) is 5.51. The number of amides is 1. The van der Waals surface area contributed by atoms with Crippen LogP contribution in [0.25, 0.3) is 33.1 Å². The lowest BCUT2D eigenvalue weighted by molar-refractivity contribution is 0.0696. The van der Waals surface area contributed by atoms with Crippen LogP contribution in [0.2, 0.25) is 0 Å². The number of fused-ring (bicyclic) bond motifs is 4. The van der Waals surface area contributed by atoms with Crippen molar-refractivity contribution < 1.29 is 14.7 Å². The molecule has 4 aromatic rings. The molecule has 1 saturated carbocycles. The highest BCUT2D eigenvalue weighted by molar-refractivity contribution is 6.05. The third kappa shape index (κ3) is 3.00. The number of carboxylic acids is 1. The van der Waals surface area contributed by atoms with Gasteiger partial charge in [-0.3, -0.25) is 4.79 Å². The molecule has 1 aliphatic carbocycles. The minimum Gasteiger partial charge on any atom is -0.478 e. The number of nitrogens with zero attached hydrogens (tertiary/aromatic N) is 2. The molecule has 0 atom stereocenters. The molecule has 1 amide bonds. The van der Waals surface area contributed by atoms with Gasteiger partial charge in [-0.15, -0.1) is 0 Å². The zero-order chi connectivity index (χ0) is 22.7. The van der Waals surface area contributed by atoms with Crippen LogP contribution in [0.4, 0.5) is 0 Å². The van der Waals surface area contributed by atoms with Crippen molar-refractivity contribution in [3.63, 3.8) is 0 Å². The fourth-order valence-electron chi connectivity index (χ4n) is 6.18. The summed E-state index contributed by atoms with van der Waals surface area (Å²) in [6.07, 6.45) is 6.84. The molecular formula is C27H27N3O3. The third-order valence-corrected chi connectivity index (χ3v) is 7.56. The normalized spacial score (nSPS) is 16.5. The number of para-hydroxylation sites is 1. The Labute approximate surface area is 191 Å². The van der Waals surface area contributed by atoms with E-state index in [4.69, 9.17) is 5.73 Å². The van der Waals surface area contributed by atoms with Crippen LogP contribution in [0.15, 0.2) is 42.5 Å². The summed E-state index contributed by atoms with van der Waals surface area (Å²) in [4.78, 5) is 24.0. The van der Waals surface area contributed by atoms with Gasteiger partial charge in [0.2, 0.25) is 0 Å². The first-order chi connectivity index (χ1) is 16.0. The summed E-state index contributed by atoms with van der Waals surface area (Å²) < 4.78 is 4.42. The molecule has 2 aromatic carbocycles. The molecule has 2 aliphatic rings. The summed E-state index contributed by atoms with van der Waals surface area (Å²) in [6, 6.07) is 13.7. The average Bonchev–Trinajstić information content (AvgIpc) is 3.34. The summed E-state index contributed by atoms with van der Waals surface area (Å²) in [5.41, 5.74) is 12.3. The molecule has 3 N–H and O–H groups in total. The Morgan fingerprint density at radius 1 is 0.939 bits per heavy atom. The molecule has 0 bridgehead atoms. The smallest absolute Gasteiger partial charge is 0.335 e. The van der Waals surface area contributed by atoms with Gasteiger partial charge in [-0.1, -0.05) is 43.5 Å². The van der Waals surface area contributed by atoms with Crippen LogP contribution >= 0.6 is 0 Å². The fourth-order valence-corrected chi connectivity index (χ4v) is 6.18. The van der Waals surface area contributed by atoms with Gasteiger partial charge in [0.15, 0.2) is 0 Å². The van der Waals surface area contributed by atoms with E-state index in [1.807, 2.05) is 30.3 Å². The number of aromatic nitrogens is 2. The van der Waals surface area contributed by atoms with Crippen LogP contribution in [0, 0.1) is 0 Å². The number of hydrogen-bond donors (Lipinski definition) is 2. The minimum atomic E-state index is -0.903. The molecule has 1 fully saturated rings. The number of hydrogen-bond acceptors (Lipinski definition) is 2. The standard InChI is InChI=1S/C27H27N3O3/c28-26(31)22-14-17-8-4-9-20-24(17)30(22)13-5-12-29-21-15-18(27(32)33)10-11-19(21)23(25(20)29)16-6-2-1-3-7-16/h4,8-11,14-16H,1-3,5-7,12-13H2,(H2,28,31)(H,32,33). The van der Waals surface area contributed by atoms with E-state index in [0.29, 0.717) is 23.7 Å². The van der Waals surface area contributed by atoms with Crippen LogP contribution in [-0.4, -0.2) is 26.1 Å². The van der Waals surface area contributed by atoms with Gasteiger partial charge in [0, 0.05) is 34.9 Å². The Hall–Kier alpha value is -3.54. The molecule has 2 aromatic heterocycles. The Morgan fingerprint density at radius 3 is 2.48 bits per heavy atom. The maximum absolute atomic E-state index is 12.2. The van der Waals surface area contributed by atoms with Crippen molar-refractivity contribution in [2.24, 2.45) is 5.73 Å². The van der Waals surface area contributed by atoms with Crippen molar-refractivity contribution in [1.29, 1.82) is 0 Å². The maximum Gasteiger partial charge on any atom is 0.335 e. The lowest BCUT2D eigenvalue weighted by Gasteiger charge is -2.25. The number of carbonyl (C=O) groups is 2. The van der Waals surface area contributed by atoms with Gasteiger partial charge in [0.05, 0.1) is 16.8 Å².